The highest BCUT2D eigenvalue weighted by molar-refractivity contribution is 6.09. The van der Waals surface area contributed by atoms with E-state index >= 15 is 0 Å². The average Bonchev–Trinajstić information content (AvgIpc) is 3.32. The van der Waals surface area contributed by atoms with Crippen LogP contribution < -0.4 is 0 Å². The van der Waals surface area contributed by atoms with Gasteiger partial charge in [-0.1, -0.05) is 109 Å². The first-order valence-corrected chi connectivity index (χ1v) is 12.9. The molecule has 0 atom stereocenters. The first-order chi connectivity index (χ1) is 18.8. The lowest BCUT2D eigenvalue weighted by atomic mass is 9.91. The summed E-state index contributed by atoms with van der Waals surface area (Å²) < 4.78 is 2.35. The van der Waals surface area contributed by atoms with Crippen molar-refractivity contribution in [2.45, 2.75) is 6.42 Å². The third-order valence-electron chi connectivity index (χ3n) is 7.47. The van der Waals surface area contributed by atoms with Crippen LogP contribution in [0.25, 0.3) is 60.5 Å². The van der Waals surface area contributed by atoms with Crippen LogP contribution in [0.15, 0.2) is 133 Å². The number of rotatable bonds is 4. The van der Waals surface area contributed by atoms with Gasteiger partial charge in [0.25, 0.3) is 0 Å². The molecule has 7 aromatic rings. The van der Waals surface area contributed by atoms with Crippen LogP contribution in [0.4, 0.5) is 0 Å². The second-order valence-corrected chi connectivity index (χ2v) is 9.66. The van der Waals surface area contributed by atoms with E-state index in [-0.39, 0.29) is 0 Å². The average molecular weight is 485 g/mol. The predicted octanol–water partition coefficient (Wildman–Crippen LogP) is 9.34. The third-order valence-corrected chi connectivity index (χ3v) is 7.47. The Morgan fingerprint density at radius 2 is 1.05 bits per heavy atom. The molecule has 7 rings (SSSR count). The molecule has 1 heterocycles. The molecule has 38 heavy (non-hydrogen) atoms. The second-order valence-electron chi connectivity index (χ2n) is 9.66. The molecule has 178 valence electrons. The Labute approximate surface area is 221 Å². The van der Waals surface area contributed by atoms with E-state index in [1.54, 1.807) is 0 Å². The summed E-state index contributed by atoms with van der Waals surface area (Å²) in [6.45, 7) is 0. The Balaban J connectivity index is 1.37. The summed E-state index contributed by atoms with van der Waals surface area (Å²) in [6.07, 6.45) is 0.430. The molecule has 0 bridgehead atoms. The van der Waals surface area contributed by atoms with Gasteiger partial charge < -0.3 is 4.57 Å². The highest BCUT2D eigenvalue weighted by Gasteiger charge is 2.13. The second kappa shape index (κ2) is 9.07. The van der Waals surface area contributed by atoms with E-state index in [0.29, 0.717) is 6.42 Å². The van der Waals surface area contributed by atoms with Gasteiger partial charge in [0.15, 0.2) is 0 Å². The Morgan fingerprint density at radius 3 is 1.61 bits per heavy atom. The molecule has 0 spiro atoms. The quantitative estimate of drug-likeness (QED) is 0.245. The lowest BCUT2D eigenvalue weighted by molar-refractivity contribution is 1.18. The molecule has 0 amide bonds. The van der Waals surface area contributed by atoms with Crippen molar-refractivity contribution in [1.82, 2.24) is 4.57 Å². The lowest BCUT2D eigenvalue weighted by Crippen LogP contribution is -1.94. The van der Waals surface area contributed by atoms with E-state index in [2.05, 4.69) is 144 Å². The molecule has 0 saturated carbocycles. The van der Waals surface area contributed by atoms with Crippen LogP contribution in [-0.2, 0) is 6.42 Å². The zero-order valence-electron chi connectivity index (χ0n) is 20.8. The molecule has 0 unspecified atom stereocenters. The maximum Gasteiger partial charge on any atom is 0.0669 e. The minimum Gasteiger partial charge on any atom is -0.309 e. The Kier molecular flexibility index (Phi) is 5.27. The normalized spacial score (nSPS) is 11.2. The fourth-order valence-corrected chi connectivity index (χ4v) is 5.71. The SMILES string of the molecule is N#CCc1ccc(-c2cccc3cccc(-c4ccc(-n5c6ccccc6c6ccccc65)cc4)c23)cc1. The van der Waals surface area contributed by atoms with Gasteiger partial charge in [0.2, 0.25) is 0 Å². The van der Waals surface area contributed by atoms with Crippen molar-refractivity contribution < 1.29 is 0 Å². The number of para-hydroxylation sites is 2. The molecular formula is C36H24N2. The molecule has 0 N–H and O–H groups in total. The molecule has 0 radical (unpaired) electrons. The van der Waals surface area contributed by atoms with Gasteiger partial charge in [0.05, 0.1) is 23.5 Å². The van der Waals surface area contributed by atoms with Crippen LogP contribution in [0.5, 0.6) is 0 Å². The van der Waals surface area contributed by atoms with Gasteiger partial charge in [-0.15, -0.1) is 0 Å². The van der Waals surface area contributed by atoms with Crippen molar-refractivity contribution in [2.75, 3.05) is 0 Å². The van der Waals surface area contributed by atoms with Crippen molar-refractivity contribution >= 4 is 32.6 Å². The zero-order valence-corrected chi connectivity index (χ0v) is 20.8. The number of aromatic nitrogens is 1. The summed E-state index contributed by atoms with van der Waals surface area (Å²) >= 11 is 0. The van der Waals surface area contributed by atoms with Gasteiger partial charge in [0, 0.05) is 16.5 Å². The molecule has 1 aromatic heterocycles. The molecule has 0 aliphatic rings. The molecule has 0 aliphatic heterocycles. The van der Waals surface area contributed by atoms with Crippen molar-refractivity contribution in [1.29, 1.82) is 5.26 Å². The van der Waals surface area contributed by atoms with Gasteiger partial charge >= 0.3 is 0 Å². The molecule has 6 aromatic carbocycles. The topological polar surface area (TPSA) is 28.7 Å². The van der Waals surface area contributed by atoms with Crippen LogP contribution in [0, 0.1) is 11.3 Å². The van der Waals surface area contributed by atoms with Gasteiger partial charge in [-0.2, -0.15) is 5.26 Å². The minimum atomic E-state index is 0.430. The summed E-state index contributed by atoms with van der Waals surface area (Å²) in [5, 5.41) is 14.0. The summed E-state index contributed by atoms with van der Waals surface area (Å²) in [5.41, 5.74) is 9.39. The van der Waals surface area contributed by atoms with E-state index in [1.165, 1.54) is 49.3 Å². The highest BCUT2D eigenvalue weighted by Crippen LogP contribution is 2.38. The third kappa shape index (κ3) is 3.57. The number of benzene rings is 6. The van der Waals surface area contributed by atoms with E-state index in [4.69, 9.17) is 5.26 Å². The van der Waals surface area contributed by atoms with E-state index in [9.17, 15) is 0 Å². The minimum absolute atomic E-state index is 0.430. The first-order valence-electron chi connectivity index (χ1n) is 12.9. The van der Waals surface area contributed by atoms with Crippen molar-refractivity contribution in [3.05, 3.63) is 139 Å². The molecule has 2 nitrogen and oxygen atoms in total. The number of hydrogen-bond donors (Lipinski definition) is 0. The van der Waals surface area contributed by atoms with Crippen LogP contribution in [0.2, 0.25) is 0 Å². The van der Waals surface area contributed by atoms with Gasteiger partial charge in [-0.05, 0) is 62.9 Å². The van der Waals surface area contributed by atoms with Crippen LogP contribution in [0.1, 0.15) is 5.56 Å². The summed E-state index contributed by atoms with van der Waals surface area (Å²) in [7, 11) is 0. The smallest absolute Gasteiger partial charge is 0.0669 e. The Bertz CT molecular complexity index is 1930. The van der Waals surface area contributed by atoms with Crippen molar-refractivity contribution in [2.24, 2.45) is 0 Å². The van der Waals surface area contributed by atoms with Crippen LogP contribution in [0.3, 0.4) is 0 Å². The maximum absolute atomic E-state index is 9.04. The first kappa shape index (κ1) is 22.1. The highest BCUT2D eigenvalue weighted by atomic mass is 15.0. The molecule has 0 saturated heterocycles. The predicted molar refractivity (Wildman–Crippen MR) is 158 cm³/mol. The lowest BCUT2D eigenvalue weighted by Gasteiger charge is -2.14. The van der Waals surface area contributed by atoms with Gasteiger partial charge in [-0.3, -0.25) is 0 Å². The fourth-order valence-electron chi connectivity index (χ4n) is 5.71. The fraction of sp³-hybridized carbons (Fsp3) is 0.0278. The maximum atomic E-state index is 9.04. The number of nitriles is 1. The van der Waals surface area contributed by atoms with Gasteiger partial charge in [-0.25, -0.2) is 0 Å². The molecule has 0 fully saturated rings. The number of hydrogen-bond acceptors (Lipinski definition) is 1. The number of nitrogens with zero attached hydrogens (tertiary/aromatic N) is 2. The standard InChI is InChI=1S/C36H24N2/c37-24-23-25-15-17-26(18-16-25)30-11-5-7-28-8-6-12-31(36(28)30)27-19-21-29(22-20-27)38-34-13-3-1-9-32(34)33-10-2-4-14-35(33)38/h1-22H,23H2. The van der Waals surface area contributed by atoms with E-state index in [1.807, 2.05) is 0 Å². The Hall–Kier alpha value is -5.13. The zero-order chi connectivity index (χ0) is 25.5. The largest absolute Gasteiger partial charge is 0.309 e. The van der Waals surface area contributed by atoms with Crippen molar-refractivity contribution in [3.63, 3.8) is 0 Å². The summed E-state index contributed by atoms with van der Waals surface area (Å²) in [6, 6.07) is 49.8. The molecule has 0 aliphatic carbocycles. The summed E-state index contributed by atoms with van der Waals surface area (Å²) in [4.78, 5) is 0. The van der Waals surface area contributed by atoms with E-state index < -0.39 is 0 Å². The molecule has 2 heteroatoms. The van der Waals surface area contributed by atoms with Crippen LogP contribution >= 0.6 is 0 Å². The number of fused-ring (bicyclic) bond motifs is 4. The van der Waals surface area contributed by atoms with Crippen LogP contribution in [-0.4, -0.2) is 4.57 Å². The van der Waals surface area contributed by atoms with Crippen molar-refractivity contribution in [3.8, 4) is 34.0 Å². The van der Waals surface area contributed by atoms with E-state index in [0.717, 1.165) is 16.8 Å². The Morgan fingerprint density at radius 1 is 0.526 bits per heavy atom. The molecular weight excluding hydrogens is 460 g/mol. The monoisotopic (exact) mass is 484 g/mol. The van der Waals surface area contributed by atoms with Gasteiger partial charge in [0.1, 0.15) is 0 Å². The summed E-state index contributed by atoms with van der Waals surface area (Å²) in [5.74, 6) is 0.